The van der Waals surface area contributed by atoms with Gasteiger partial charge in [0.15, 0.2) is 0 Å². The van der Waals surface area contributed by atoms with Crippen LogP contribution in [0.4, 0.5) is 0 Å². The molecule has 0 spiro atoms. The van der Waals surface area contributed by atoms with Gasteiger partial charge in [0.25, 0.3) is 0 Å². The first-order valence-electron chi connectivity index (χ1n) is 4.99. The lowest BCUT2D eigenvalue weighted by molar-refractivity contribution is -0.150. The van der Waals surface area contributed by atoms with E-state index < -0.39 is 0 Å². The molecule has 1 aliphatic carbocycles. The maximum Gasteiger partial charge on any atom is 0.313 e. The molecule has 3 heteroatoms. The van der Waals surface area contributed by atoms with Gasteiger partial charge in [-0.2, -0.15) is 0 Å². The van der Waals surface area contributed by atoms with Crippen molar-refractivity contribution in [2.75, 3.05) is 6.61 Å². The lowest BCUT2D eigenvalue weighted by Gasteiger charge is -2.26. The molecule has 1 rings (SSSR count). The summed E-state index contributed by atoms with van der Waals surface area (Å²) in [6.07, 6.45) is 5.47. The molecule has 0 amide bonds. The zero-order valence-corrected chi connectivity index (χ0v) is 8.60. The van der Waals surface area contributed by atoms with Crippen LogP contribution < -0.4 is 0 Å². The van der Waals surface area contributed by atoms with E-state index in [1.54, 1.807) is 13.0 Å². The van der Waals surface area contributed by atoms with Gasteiger partial charge >= 0.3 is 5.97 Å². The van der Waals surface area contributed by atoms with E-state index in [0.717, 1.165) is 12.7 Å². The second-order valence-electron chi connectivity index (χ2n) is 3.63. The summed E-state index contributed by atoms with van der Waals surface area (Å²) in [5.41, 5.74) is 0. The lowest BCUT2D eigenvalue weighted by atomic mass is 9.78. The van der Waals surface area contributed by atoms with Gasteiger partial charge < -0.3 is 9.53 Å². The van der Waals surface area contributed by atoms with Crippen molar-refractivity contribution in [2.24, 2.45) is 17.8 Å². The topological polar surface area (TPSA) is 43.4 Å². The molecule has 0 aromatic heterocycles. The summed E-state index contributed by atoms with van der Waals surface area (Å²) in [5, 5.41) is 0. The molecule has 78 valence electrons. The molecule has 0 aromatic rings. The zero-order chi connectivity index (χ0) is 10.6. The zero-order valence-electron chi connectivity index (χ0n) is 8.60. The highest BCUT2D eigenvalue weighted by Crippen LogP contribution is 2.29. The molecule has 0 aromatic carbocycles. The molecule has 3 atom stereocenters. The van der Waals surface area contributed by atoms with Crippen LogP contribution in [0.1, 0.15) is 20.3 Å². The summed E-state index contributed by atoms with van der Waals surface area (Å²) in [7, 11) is 0. The van der Waals surface area contributed by atoms with Gasteiger partial charge in [-0.15, -0.1) is 0 Å². The molecule has 0 saturated heterocycles. The van der Waals surface area contributed by atoms with Crippen LogP contribution in [0.3, 0.4) is 0 Å². The van der Waals surface area contributed by atoms with Crippen LogP contribution in [0.5, 0.6) is 0 Å². The van der Waals surface area contributed by atoms with E-state index >= 15 is 0 Å². The van der Waals surface area contributed by atoms with Gasteiger partial charge in [0, 0.05) is 5.92 Å². The van der Waals surface area contributed by atoms with Gasteiger partial charge in [-0.1, -0.05) is 19.1 Å². The molecule has 1 aliphatic rings. The summed E-state index contributed by atoms with van der Waals surface area (Å²) in [6, 6.07) is 0. The summed E-state index contributed by atoms with van der Waals surface area (Å²) < 4.78 is 4.91. The van der Waals surface area contributed by atoms with Crippen molar-refractivity contribution >= 4 is 12.3 Å². The predicted molar refractivity (Wildman–Crippen MR) is 52.6 cm³/mol. The largest absolute Gasteiger partial charge is 0.466 e. The van der Waals surface area contributed by atoms with Crippen LogP contribution in [0, 0.1) is 17.8 Å². The number of esters is 1. The molecule has 0 bridgehead atoms. The Kier molecular flexibility index (Phi) is 3.86. The Balaban J connectivity index is 2.74. The molecule has 0 aliphatic heterocycles. The monoisotopic (exact) mass is 196 g/mol. The van der Waals surface area contributed by atoms with Crippen LogP contribution in [-0.4, -0.2) is 18.9 Å². The highest BCUT2D eigenvalue weighted by molar-refractivity contribution is 5.79. The van der Waals surface area contributed by atoms with E-state index in [1.807, 2.05) is 13.0 Å². The van der Waals surface area contributed by atoms with Crippen LogP contribution in [0.15, 0.2) is 12.2 Å². The Bertz CT molecular complexity index is 245. The number of hydrogen-bond donors (Lipinski definition) is 0. The van der Waals surface area contributed by atoms with Gasteiger partial charge in [-0.3, -0.25) is 4.79 Å². The molecule has 3 unspecified atom stereocenters. The fourth-order valence-electron chi connectivity index (χ4n) is 1.77. The van der Waals surface area contributed by atoms with Gasteiger partial charge in [0.05, 0.1) is 12.5 Å². The van der Waals surface area contributed by atoms with Gasteiger partial charge in [-0.05, 0) is 19.3 Å². The quantitative estimate of drug-likeness (QED) is 0.391. The van der Waals surface area contributed by atoms with Crippen molar-refractivity contribution in [1.29, 1.82) is 0 Å². The van der Waals surface area contributed by atoms with Crippen LogP contribution in [-0.2, 0) is 14.3 Å². The number of aldehydes is 1. The molecule has 14 heavy (non-hydrogen) atoms. The maximum absolute atomic E-state index is 11.5. The summed E-state index contributed by atoms with van der Waals surface area (Å²) >= 11 is 0. The molecular formula is C11H16O3. The lowest BCUT2D eigenvalue weighted by Crippen LogP contribution is -2.31. The Morgan fingerprint density at radius 3 is 2.93 bits per heavy atom. The van der Waals surface area contributed by atoms with E-state index in [2.05, 4.69) is 0 Å². The average Bonchev–Trinajstić information content (AvgIpc) is 2.17. The van der Waals surface area contributed by atoms with Crippen molar-refractivity contribution in [3.8, 4) is 0 Å². The predicted octanol–water partition coefficient (Wildman–Crippen LogP) is 1.58. The van der Waals surface area contributed by atoms with Crippen LogP contribution >= 0.6 is 0 Å². The van der Waals surface area contributed by atoms with Crippen molar-refractivity contribution in [1.82, 2.24) is 0 Å². The number of allylic oxidation sites excluding steroid dienone is 1. The molecule has 0 heterocycles. The number of carbonyl (C=O) groups excluding carboxylic acids is 2. The molecular weight excluding hydrogens is 180 g/mol. The normalized spacial score (nSPS) is 31.1. The molecule has 0 fully saturated rings. The Morgan fingerprint density at radius 1 is 1.64 bits per heavy atom. The third-order valence-electron chi connectivity index (χ3n) is 2.64. The molecule has 0 N–H and O–H groups in total. The van der Waals surface area contributed by atoms with Crippen LogP contribution in [0.25, 0.3) is 0 Å². The minimum Gasteiger partial charge on any atom is -0.466 e. The Morgan fingerprint density at radius 2 is 2.36 bits per heavy atom. The second kappa shape index (κ2) is 4.94. The first kappa shape index (κ1) is 11.0. The average molecular weight is 196 g/mol. The van der Waals surface area contributed by atoms with Crippen molar-refractivity contribution in [3.63, 3.8) is 0 Å². The highest BCUT2D eigenvalue weighted by Gasteiger charge is 2.33. The summed E-state index contributed by atoms with van der Waals surface area (Å²) in [6.45, 7) is 4.11. The van der Waals surface area contributed by atoms with Gasteiger partial charge in [-0.25, -0.2) is 0 Å². The van der Waals surface area contributed by atoms with Gasteiger partial charge in [0.2, 0.25) is 0 Å². The Labute approximate surface area is 84.1 Å². The molecule has 3 nitrogen and oxygen atoms in total. The van der Waals surface area contributed by atoms with E-state index in [9.17, 15) is 9.59 Å². The number of rotatable bonds is 3. The third-order valence-corrected chi connectivity index (χ3v) is 2.64. The maximum atomic E-state index is 11.5. The van der Waals surface area contributed by atoms with E-state index in [-0.39, 0.29) is 23.7 Å². The minimum absolute atomic E-state index is 0.223. The highest BCUT2D eigenvalue weighted by atomic mass is 16.5. The van der Waals surface area contributed by atoms with Crippen molar-refractivity contribution in [2.45, 2.75) is 20.3 Å². The smallest absolute Gasteiger partial charge is 0.313 e. The number of carbonyl (C=O) groups is 2. The summed E-state index contributed by atoms with van der Waals surface area (Å²) in [5.74, 6) is -0.658. The number of hydrogen-bond acceptors (Lipinski definition) is 3. The van der Waals surface area contributed by atoms with Crippen LogP contribution in [0.2, 0.25) is 0 Å². The molecule has 0 radical (unpaired) electrons. The first-order chi connectivity index (χ1) is 6.70. The van der Waals surface area contributed by atoms with Crippen molar-refractivity contribution < 1.29 is 14.3 Å². The van der Waals surface area contributed by atoms with E-state index in [0.29, 0.717) is 6.61 Å². The third kappa shape index (κ3) is 2.22. The van der Waals surface area contributed by atoms with Gasteiger partial charge in [0.1, 0.15) is 6.29 Å². The minimum atomic E-state index is -0.379. The molecule has 0 saturated carbocycles. The first-order valence-corrected chi connectivity index (χ1v) is 4.99. The summed E-state index contributed by atoms with van der Waals surface area (Å²) in [4.78, 5) is 22.3. The Hall–Kier alpha value is -1.12. The fraction of sp³-hybridized carbons (Fsp3) is 0.636. The number of ether oxygens (including phenoxy) is 1. The van der Waals surface area contributed by atoms with Crippen molar-refractivity contribution in [3.05, 3.63) is 12.2 Å². The standard InChI is InChI=1S/C11H16O3/c1-3-14-11(13)9-6-4-5-8(2)10(9)7-12/h4,6-10H,3,5H2,1-2H3. The van der Waals surface area contributed by atoms with E-state index in [4.69, 9.17) is 4.74 Å². The SMILES string of the molecule is CCOC(=O)C1C=CCC(C)C1C=O. The van der Waals surface area contributed by atoms with E-state index in [1.165, 1.54) is 0 Å². The second-order valence-corrected chi connectivity index (χ2v) is 3.63. The fourth-order valence-corrected chi connectivity index (χ4v) is 1.77.